The third-order valence-electron chi connectivity index (χ3n) is 5.17. The summed E-state index contributed by atoms with van der Waals surface area (Å²) < 4.78 is 0. The molecule has 1 N–H and O–H groups in total. The lowest BCUT2D eigenvalue weighted by Crippen LogP contribution is -2.57. The molecule has 1 unspecified atom stereocenters. The van der Waals surface area contributed by atoms with Crippen LogP contribution in [0.5, 0.6) is 0 Å². The molecule has 3 fully saturated rings. The zero-order chi connectivity index (χ0) is 12.4. The van der Waals surface area contributed by atoms with Crippen LogP contribution in [0.15, 0.2) is 0 Å². The van der Waals surface area contributed by atoms with Gasteiger partial charge in [0.15, 0.2) is 0 Å². The molecule has 0 aromatic heterocycles. The average Bonchev–Trinajstić information content (AvgIpc) is 2.47. The number of hydrogen-bond donors (Lipinski definition) is 1. The second kappa shape index (κ2) is 5.60. The standard InChI is InChI=1S/C15H27N3/c16-15(13-6-2-1-3-7-13)18-11-10-17-9-5-4-8-14(17)12-18/h13-14,16H,1-12H2. The van der Waals surface area contributed by atoms with Crippen LogP contribution in [0.25, 0.3) is 0 Å². The van der Waals surface area contributed by atoms with Crippen molar-refractivity contribution in [1.82, 2.24) is 9.80 Å². The minimum atomic E-state index is 0.578. The molecule has 3 rings (SSSR count). The Hall–Kier alpha value is -0.570. The molecule has 2 heterocycles. The first kappa shape index (κ1) is 12.5. The molecule has 3 heteroatoms. The Labute approximate surface area is 111 Å². The van der Waals surface area contributed by atoms with Gasteiger partial charge in [0.1, 0.15) is 0 Å². The minimum absolute atomic E-state index is 0.578. The number of amidine groups is 1. The summed E-state index contributed by atoms with van der Waals surface area (Å²) in [6.45, 7) is 4.73. The van der Waals surface area contributed by atoms with E-state index < -0.39 is 0 Å². The average molecular weight is 249 g/mol. The predicted molar refractivity (Wildman–Crippen MR) is 75.1 cm³/mol. The third kappa shape index (κ3) is 2.56. The molecule has 1 atom stereocenters. The van der Waals surface area contributed by atoms with Crippen molar-refractivity contribution in [3.8, 4) is 0 Å². The smallest absolute Gasteiger partial charge is 0.0990 e. The molecule has 0 aromatic carbocycles. The van der Waals surface area contributed by atoms with Gasteiger partial charge in [-0.05, 0) is 32.2 Å². The van der Waals surface area contributed by atoms with Crippen molar-refractivity contribution in [2.24, 2.45) is 5.92 Å². The molecular weight excluding hydrogens is 222 g/mol. The molecule has 0 bridgehead atoms. The molecule has 0 aromatic rings. The summed E-state index contributed by atoms with van der Waals surface area (Å²) in [7, 11) is 0. The number of hydrogen-bond acceptors (Lipinski definition) is 2. The largest absolute Gasteiger partial charge is 0.357 e. The van der Waals surface area contributed by atoms with Gasteiger partial charge in [-0.15, -0.1) is 0 Å². The molecular formula is C15H27N3. The highest BCUT2D eigenvalue weighted by molar-refractivity contribution is 5.81. The van der Waals surface area contributed by atoms with Crippen molar-refractivity contribution < 1.29 is 0 Å². The maximum Gasteiger partial charge on any atom is 0.0990 e. The van der Waals surface area contributed by atoms with Gasteiger partial charge in [0.2, 0.25) is 0 Å². The minimum Gasteiger partial charge on any atom is -0.357 e. The number of rotatable bonds is 1. The summed E-state index contributed by atoms with van der Waals surface area (Å²) in [5.74, 6) is 1.55. The van der Waals surface area contributed by atoms with E-state index in [1.165, 1.54) is 64.5 Å². The highest BCUT2D eigenvalue weighted by Gasteiger charge is 2.32. The topological polar surface area (TPSA) is 30.3 Å². The fourth-order valence-corrected chi connectivity index (χ4v) is 4.01. The van der Waals surface area contributed by atoms with Crippen molar-refractivity contribution in [2.75, 3.05) is 26.2 Å². The summed E-state index contributed by atoms with van der Waals surface area (Å²) in [4.78, 5) is 5.07. The first-order chi connectivity index (χ1) is 8.84. The summed E-state index contributed by atoms with van der Waals surface area (Å²) in [6.07, 6.45) is 10.7. The third-order valence-corrected chi connectivity index (χ3v) is 5.17. The van der Waals surface area contributed by atoms with Crippen LogP contribution in [0, 0.1) is 11.3 Å². The number of nitrogens with one attached hydrogen (secondary N) is 1. The van der Waals surface area contributed by atoms with Gasteiger partial charge in [-0.3, -0.25) is 10.3 Å². The maximum absolute atomic E-state index is 8.49. The first-order valence-corrected chi connectivity index (χ1v) is 7.92. The Bertz CT molecular complexity index is 296. The number of piperazine rings is 1. The molecule has 102 valence electrons. The summed E-state index contributed by atoms with van der Waals surface area (Å²) in [5, 5.41) is 8.49. The van der Waals surface area contributed by atoms with Crippen molar-refractivity contribution >= 4 is 5.84 Å². The van der Waals surface area contributed by atoms with E-state index in [2.05, 4.69) is 9.80 Å². The Morgan fingerprint density at radius 1 is 0.833 bits per heavy atom. The maximum atomic E-state index is 8.49. The molecule has 0 radical (unpaired) electrons. The second-order valence-corrected chi connectivity index (χ2v) is 6.35. The van der Waals surface area contributed by atoms with Crippen molar-refractivity contribution in [3.63, 3.8) is 0 Å². The van der Waals surface area contributed by atoms with Crippen LogP contribution in [0.3, 0.4) is 0 Å². The fourth-order valence-electron chi connectivity index (χ4n) is 4.01. The van der Waals surface area contributed by atoms with E-state index in [0.29, 0.717) is 5.92 Å². The molecule has 3 aliphatic rings. The van der Waals surface area contributed by atoms with E-state index >= 15 is 0 Å². The summed E-state index contributed by atoms with van der Waals surface area (Å²) in [6, 6.07) is 0.747. The Balaban J connectivity index is 1.57. The van der Waals surface area contributed by atoms with Gasteiger partial charge in [-0.2, -0.15) is 0 Å². The number of nitrogens with zero attached hydrogens (tertiary/aromatic N) is 2. The number of piperidine rings is 1. The van der Waals surface area contributed by atoms with E-state index in [-0.39, 0.29) is 0 Å². The molecule has 18 heavy (non-hydrogen) atoms. The zero-order valence-electron chi connectivity index (χ0n) is 11.5. The van der Waals surface area contributed by atoms with Gasteiger partial charge < -0.3 is 4.90 Å². The molecule has 1 aliphatic carbocycles. The van der Waals surface area contributed by atoms with Crippen LogP contribution >= 0.6 is 0 Å². The molecule has 3 nitrogen and oxygen atoms in total. The van der Waals surface area contributed by atoms with Crippen LogP contribution < -0.4 is 0 Å². The Kier molecular flexibility index (Phi) is 3.88. The first-order valence-electron chi connectivity index (χ1n) is 7.92. The van der Waals surface area contributed by atoms with E-state index in [4.69, 9.17) is 5.41 Å². The number of fused-ring (bicyclic) bond motifs is 1. The lowest BCUT2D eigenvalue weighted by Gasteiger charge is -2.46. The molecule has 2 aliphatic heterocycles. The van der Waals surface area contributed by atoms with Crippen molar-refractivity contribution in [1.29, 1.82) is 5.41 Å². The zero-order valence-corrected chi connectivity index (χ0v) is 11.5. The van der Waals surface area contributed by atoms with Gasteiger partial charge in [-0.25, -0.2) is 0 Å². The van der Waals surface area contributed by atoms with Crippen molar-refractivity contribution in [3.05, 3.63) is 0 Å². The lowest BCUT2D eigenvalue weighted by atomic mass is 9.87. The van der Waals surface area contributed by atoms with Crippen LogP contribution in [0.1, 0.15) is 51.4 Å². The predicted octanol–water partition coefficient (Wildman–Crippen LogP) is 2.71. The van der Waals surface area contributed by atoms with Gasteiger partial charge >= 0.3 is 0 Å². The summed E-state index contributed by atoms with van der Waals surface area (Å²) in [5.41, 5.74) is 0. The monoisotopic (exact) mass is 249 g/mol. The van der Waals surface area contributed by atoms with Crippen LogP contribution in [0.4, 0.5) is 0 Å². The van der Waals surface area contributed by atoms with Crippen LogP contribution in [-0.2, 0) is 0 Å². The Morgan fingerprint density at radius 3 is 2.44 bits per heavy atom. The SMILES string of the molecule is N=C(C1CCCCC1)N1CCN2CCCCC2C1. The second-order valence-electron chi connectivity index (χ2n) is 6.35. The van der Waals surface area contributed by atoms with E-state index in [1.807, 2.05) is 0 Å². The van der Waals surface area contributed by atoms with Gasteiger partial charge in [-0.1, -0.05) is 25.7 Å². The molecule has 2 saturated heterocycles. The van der Waals surface area contributed by atoms with E-state index in [0.717, 1.165) is 25.0 Å². The van der Waals surface area contributed by atoms with Gasteiger partial charge in [0, 0.05) is 31.6 Å². The van der Waals surface area contributed by atoms with Gasteiger partial charge in [0.05, 0.1) is 5.84 Å². The highest BCUT2D eigenvalue weighted by atomic mass is 15.3. The quantitative estimate of drug-likeness (QED) is 0.572. The highest BCUT2D eigenvalue weighted by Crippen LogP contribution is 2.28. The van der Waals surface area contributed by atoms with E-state index in [1.54, 1.807) is 0 Å². The van der Waals surface area contributed by atoms with E-state index in [9.17, 15) is 0 Å². The fraction of sp³-hybridized carbons (Fsp3) is 0.933. The van der Waals surface area contributed by atoms with Crippen LogP contribution in [-0.4, -0.2) is 47.9 Å². The van der Waals surface area contributed by atoms with Gasteiger partial charge in [0.25, 0.3) is 0 Å². The molecule has 1 saturated carbocycles. The van der Waals surface area contributed by atoms with Crippen LogP contribution in [0.2, 0.25) is 0 Å². The lowest BCUT2D eigenvalue weighted by molar-refractivity contribution is 0.0769. The summed E-state index contributed by atoms with van der Waals surface area (Å²) >= 11 is 0. The molecule has 0 spiro atoms. The van der Waals surface area contributed by atoms with Crippen molar-refractivity contribution in [2.45, 2.75) is 57.4 Å². The Morgan fingerprint density at radius 2 is 1.61 bits per heavy atom. The molecule has 0 amide bonds. The normalized spacial score (nSPS) is 31.1.